The van der Waals surface area contributed by atoms with Crippen molar-refractivity contribution in [1.29, 1.82) is 0 Å². The number of rotatable bonds is 11. The van der Waals surface area contributed by atoms with E-state index in [1.807, 2.05) is 0 Å². The van der Waals surface area contributed by atoms with Crippen molar-refractivity contribution in [1.82, 2.24) is 0 Å². The molecule has 0 heterocycles. The number of benzene rings is 3. The molecule has 0 amide bonds. The van der Waals surface area contributed by atoms with E-state index in [1.54, 1.807) is 26.0 Å². The Kier molecular flexibility index (Phi) is 8.64. The lowest BCUT2D eigenvalue weighted by molar-refractivity contribution is -0.384. The third-order valence-corrected chi connectivity index (χ3v) is 5.72. The Labute approximate surface area is 206 Å². The van der Waals surface area contributed by atoms with Crippen molar-refractivity contribution < 1.29 is 42.1 Å². The van der Waals surface area contributed by atoms with Crippen molar-refractivity contribution in [3.63, 3.8) is 0 Å². The second-order valence-electron chi connectivity index (χ2n) is 6.91. The van der Waals surface area contributed by atoms with Gasteiger partial charge in [-0.15, -0.1) is 0 Å². The van der Waals surface area contributed by atoms with Crippen LogP contribution in [0.4, 0.5) is 5.69 Å². The number of nitrogens with zero attached hydrogens (tertiary/aromatic N) is 1. The number of nitro groups is 1. The topological polar surface area (TPSA) is 140 Å². The average Bonchev–Trinajstić information content (AvgIpc) is 2.85. The molecule has 0 aromatic heterocycles. The molecular formula is C24H22NO10P. The van der Waals surface area contributed by atoms with Gasteiger partial charge in [-0.1, -0.05) is 24.3 Å². The van der Waals surface area contributed by atoms with Crippen LogP contribution in [0.25, 0.3) is 0 Å². The van der Waals surface area contributed by atoms with Crippen molar-refractivity contribution in [3.05, 3.63) is 94.0 Å². The van der Waals surface area contributed by atoms with Gasteiger partial charge in [-0.25, -0.2) is 9.59 Å². The van der Waals surface area contributed by atoms with Crippen LogP contribution in [-0.4, -0.2) is 30.1 Å². The minimum Gasteiger partial charge on any atom is -0.462 e. The molecule has 3 aromatic rings. The largest absolute Gasteiger partial charge is 0.647 e. The Bertz CT molecular complexity index is 1220. The molecule has 0 saturated heterocycles. The van der Waals surface area contributed by atoms with Crippen LogP contribution in [0.1, 0.15) is 34.6 Å². The van der Waals surface area contributed by atoms with Crippen LogP contribution in [0.3, 0.4) is 0 Å². The number of esters is 2. The standard InChI is InChI=1S/C24H22NO10P/c1-3-31-23(26)19-9-5-7-11-21(19)34-36(30,33-18-15-13-17(14-16-18)25(28)29)35-22-12-8-6-10-20(22)24(27)32-4-2/h5-16H,3-4H2,1-2H3. The highest BCUT2D eigenvalue weighted by molar-refractivity contribution is 7.49. The Morgan fingerprint density at radius 3 is 1.61 bits per heavy atom. The summed E-state index contributed by atoms with van der Waals surface area (Å²) in [7, 11) is -4.68. The summed E-state index contributed by atoms with van der Waals surface area (Å²) in [5.74, 6) is -1.90. The van der Waals surface area contributed by atoms with E-state index in [1.165, 1.54) is 48.5 Å². The number of phosphoric ester groups is 1. The third-order valence-electron chi connectivity index (χ3n) is 4.45. The SMILES string of the molecule is CCOC(=O)c1ccccc1OP(=O)(Oc1ccc([N+](=O)[O-])cc1)Oc1ccccc1C(=O)OCC. The maximum atomic E-state index is 13.9. The van der Waals surface area contributed by atoms with Gasteiger partial charge < -0.3 is 23.0 Å². The zero-order valence-corrected chi connectivity index (χ0v) is 20.2. The first-order chi connectivity index (χ1) is 17.3. The second-order valence-corrected chi connectivity index (χ2v) is 8.35. The molecule has 0 atom stereocenters. The normalized spacial score (nSPS) is 10.7. The predicted molar refractivity (Wildman–Crippen MR) is 127 cm³/mol. The van der Waals surface area contributed by atoms with Gasteiger partial charge >= 0.3 is 19.8 Å². The van der Waals surface area contributed by atoms with Gasteiger partial charge in [0.05, 0.1) is 18.1 Å². The number of carbonyl (C=O) groups is 2. The molecule has 0 unspecified atom stereocenters. The molecular weight excluding hydrogens is 493 g/mol. The first-order valence-corrected chi connectivity index (χ1v) is 12.2. The van der Waals surface area contributed by atoms with Crippen LogP contribution >= 0.6 is 7.82 Å². The molecule has 0 aliphatic heterocycles. The number of non-ortho nitro benzene ring substituents is 1. The van der Waals surface area contributed by atoms with E-state index >= 15 is 0 Å². The lowest BCUT2D eigenvalue weighted by Gasteiger charge is -2.21. The van der Waals surface area contributed by atoms with Gasteiger partial charge in [0.1, 0.15) is 28.4 Å². The van der Waals surface area contributed by atoms with Crippen LogP contribution in [0.15, 0.2) is 72.8 Å². The fraction of sp³-hybridized carbons (Fsp3) is 0.167. The Hall–Kier alpha value is -4.37. The third kappa shape index (κ3) is 6.61. The molecule has 36 heavy (non-hydrogen) atoms. The molecule has 0 bridgehead atoms. The van der Waals surface area contributed by atoms with Crippen molar-refractivity contribution in [2.45, 2.75) is 13.8 Å². The Morgan fingerprint density at radius 2 is 1.19 bits per heavy atom. The summed E-state index contributed by atoms with van der Waals surface area (Å²) in [4.78, 5) is 35.1. The van der Waals surface area contributed by atoms with E-state index in [2.05, 4.69) is 0 Å². The summed E-state index contributed by atoms with van der Waals surface area (Å²) in [6, 6.07) is 16.4. The fourth-order valence-corrected chi connectivity index (χ4v) is 4.19. The van der Waals surface area contributed by atoms with Crippen molar-refractivity contribution >= 4 is 25.4 Å². The number of carbonyl (C=O) groups excluding carboxylic acids is 2. The second kappa shape index (κ2) is 11.9. The molecule has 0 spiro atoms. The first kappa shape index (κ1) is 26.2. The van der Waals surface area contributed by atoms with E-state index in [9.17, 15) is 24.3 Å². The highest BCUT2D eigenvalue weighted by Gasteiger charge is 2.36. The zero-order chi connectivity index (χ0) is 26.1. The van der Waals surface area contributed by atoms with Gasteiger partial charge in [-0.3, -0.25) is 10.1 Å². The number of phosphoric acid groups is 1. The lowest BCUT2D eigenvalue weighted by Crippen LogP contribution is -2.13. The van der Waals surface area contributed by atoms with Crippen molar-refractivity contribution in [2.24, 2.45) is 0 Å². The predicted octanol–water partition coefficient (Wildman–Crippen LogP) is 5.59. The summed E-state index contributed by atoms with van der Waals surface area (Å²) in [5.41, 5.74) is -0.317. The number of hydrogen-bond acceptors (Lipinski definition) is 10. The summed E-state index contributed by atoms with van der Waals surface area (Å²) >= 11 is 0. The molecule has 0 radical (unpaired) electrons. The molecule has 0 fully saturated rings. The summed E-state index contributed by atoms with van der Waals surface area (Å²) in [6.45, 7) is 3.43. The molecule has 0 aliphatic rings. The Morgan fingerprint density at radius 1 is 0.750 bits per heavy atom. The number of para-hydroxylation sites is 2. The van der Waals surface area contributed by atoms with Crippen LogP contribution in [-0.2, 0) is 14.0 Å². The van der Waals surface area contributed by atoms with Crippen molar-refractivity contribution in [3.8, 4) is 17.2 Å². The summed E-state index contributed by atoms with van der Waals surface area (Å²) in [5, 5.41) is 11.0. The van der Waals surface area contributed by atoms with Gasteiger partial charge in [0, 0.05) is 12.1 Å². The molecule has 188 valence electrons. The average molecular weight is 515 g/mol. The van der Waals surface area contributed by atoms with Crippen molar-refractivity contribution in [2.75, 3.05) is 13.2 Å². The lowest BCUT2D eigenvalue weighted by atomic mass is 10.2. The molecule has 3 aromatic carbocycles. The highest BCUT2D eigenvalue weighted by atomic mass is 31.2. The van der Waals surface area contributed by atoms with Crippen LogP contribution < -0.4 is 13.6 Å². The zero-order valence-electron chi connectivity index (χ0n) is 19.3. The first-order valence-electron chi connectivity index (χ1n) is 10.7. The maximum Gasteiger partial charge on any atom is 0.647 e. The van der Waals surface area contributed by atoms with Crippen LogP contribution in [0, 0.1) is 10.1 Å². The number of nitro benzene ring substituents is 1. The van der Waals surface area contributed by atoms with Gasteiger partial charge in [0.25, 0.3) is 5.69 Å². The van der Waals surface area contributed by atoms with Crippen LogP contribution in [0.5, 0.6) is 17.2 Å². The highest BCUT2D eigenvalue weighted by Crippen LogP contribution is 2.51. The van der Waals surface area contributed by atoms with Crippen LogP contribution in [0.2, 0.25) is 0 Å². The molecule has 3 rings (SSSR count). The van der Waals surface area contributed by atoms with Gasteiger partial charge in [0.2, 0.25) is 0 Å². The molecule has 0 aliphatic carbocycles. The monoisotopic (exact) mass is 515 g/mol. The quantitative estimate of drug-likeness (QED) is 0.137. The van der Waals surface area contributed by atoms with E-state index in [0.29, 0.717) is 0 Å². The smallest absolute Gasteiger partial charge is 0.462 e. The summed E-state index contributed by atoms with van der Waals surface area (Å²) < 4.78 is 40.7. The maximum absolute atomic E-state index is 13.9. The Balaban J connectivity index is 2.03. The molecule has 12 heteroatoms. The van der Waals surface area contributed by atoms with E-state index < -0.39 is 24.7 Å². The summed E-state index contributed by atoms with van der Waals surface area (Å²) in [6.07, 6.45) is 0. The molecule has 0 N–H and O–H groups in total. The molecule has 11 nitrogen and oxygen atoms in total. The van der Waals surface area contributed by atoms with Gasteiger partial charge in [-0.05, 0) is 50.2 Å². The number of hydrogen-bond donors (Lipinski definition) is 0. The van der Waals surface area contributed by atoms with E-state index in [-0.39, 0.29) is 47.3 Å². The van der Waals surface area contributed by atoms with E-state index in [0.717, 1.165) is 12.1 Å². The van der Waals surface area contributed by atoms with Gasteiger partial charge in [-0.2, -0.15) is 4.57 Å². The number of ether oxygens (including phenoxy) is 2. The van der Waals surface area contributed by atoms with Gasteiger partial charge in [0.15, 0.2) is 0 Å². The minimum atomic E-state index is -4.68. The minimum absolute atomic E-state index is 0.0471. The van der Waals surface area contributed by atoms with E-state index in [4.69, 9.17) is 23.0 Å². The fourth-order valence-electron chi connectivity index (χ4n) is 2.90. The molecule has 0 saturated carbocycles.